The molecule has 1 aromatic rings. The molecule has 0 spiro atoms. The van der Waals surface area contributed by atoms with E-state index < -0.39 is 0 Å². The van der Waals surface area contributed by atoms with Gasteiger partial charge in [-0.3, -0.25) is 4.90 Å². The minimum atomic E-state index is 0.0230. The van der Waals surface area contributed by atoms with Crippen molar-refractivity contribution in [2.45, 2.75) is 20.3 Å². The third-order valence-electron chi connectivity index (χ3n) is 2.96. The first-order valence-electron chi connectivity index (χ1n) is 6.39. The quantitative estimate of drug-likeness (QED) is 0.870. The van der Waals surface area contributed by atoms with Crippen molar-refractivity contribution in [3.8, 4) is 0 Å². The van der Waals surface area contributed by atoms with Gasteiger partial charge in [0.1, 0.15) is 0 Å². The molecule has 0 heterocycles. The topological polar surface area (TPSA) is 49.6 Å². The molecule has 0 aliphatic rings. The Morgan fingerprint density at radius 3 is 2.39 bits per heavy atom. The van der Waals surface area contributed by atoms with Crippen LogP contribution in [-0.2, 0) is 0 Å². The van der Waals surface area contributed by atoms with E-state index in [1.165, 1.54) is 5.56 Å². The average molecular weight is 249 g/mol. The number of rotatable bonds is 5. The maximum Gasteiger partial charge on any atom is 0.324 e. The second-order valence-corrected chi connectivity index (χ2v) is 4.43. The molecular formula is C14H23N3O. The van der Waals surface area contributed by atoms with Crippen LogP contribution < -0.4 is 10.6 Å². The summed E-state index contributed by atoms with van der Waals surface area (Å²) in [6, 6.07) is 8.02. The standard InChI is InChI=1S/C14H23N3O/c1-4-16(3)14(18)17(11-5-10-15)13-8-6-12(2)7-9-13/h6-9H,4-5,10-11,15H2,1-3H3. The molecule has 0 saturated carbocycles. The van der Waals surface area contributed by atoms with Gasteiger partial charge in [0.2, 0.25) is 0 Å². The Morgan fingerprint density at radius 1 is 1.28 bits per heavy atom. The fraction of sp³-hybridized carbons (Fsp3) is 0.500. The summed E-state index contributed by atoms with van der Waals surface area (Å²) in [5.74, 6) is 0. The van der Waals surface area contributed by atoms with E-state index >= 15 is 0 Å². The van der Waals surface area contributed by atoms with Gasteiger partial charge >= 0.3 is 6.03 Å². The molecule has 0 fully saturated rings. The molecular weight excluding hydrogens is 226 g/mol. The predicted octanol–water partition coefficient (Wildman–Crippen LogP) is 2.22. The molecule has 1 aromatic carbocycles. The highest BCUT2D eigenvalue weighted by Crippen LogP contribution is 2.17. The van der Waals surface area contributed by atoms with Crippen LogP contribution >= 0.6 is 0 Å². The minimum absolute atomic E-state index is 0.0230. The first-order chi connectivity index (χ1) is 8.60. The van der Waals surface area contributed by atoms with Crippen molar-refractivity contribution in [2.75, 3.05) is 31.6 Å². The fourth-order valence-corrected chi connectivity index (χ4v) is 1.65. The maximum absolute atomic E-state index is 12.3. The largest absolute Gasteiger partial charge is 0.330 e. The monoisotopic (exact) mass is 249 g/mol. The molecule has 1 rings (SSSR count). The van der Waals surface area contributed by atoms with Crippen LogP contribution in [0.3, 0.4) is 0 Å². The lowest BCUT2D eigenvalue weighted by Gasteiger charge is -2.27. The van der Waals surface area contributed by atoms with Crippen LogP contribution in [-0.4, -0.2) is 37.6 Å². The minimum Gasteiger partial charge on any atom is -0.330 e. The molecule has 4 heteroatoms. The van der Waals surface area contributed by atoms with Crippen LogP contribution in [0.4, 0.5) is 10.5 Å². The summed E-state index contributed by atoms with van der Waals surface area (Å²) in [5, 5.41) is 0. The van der Waals surface area contributed by atoms with E-state index in [9.17, 15) is 4.79 Å². The van der Waals surface area contributed by atoms with Gasteiger partial charge in [0, 0.05) is 25.8 Å². The highest BCUT2D eigenvalue weighted by molar-refractivity contribution is 5.91. The second-order valence-electron chi connectivity index (χ2n) is 4.43. The molecule has 0 unspecified atom stereocenters. The van der Waals surface area contributed by atoms with E-state index in [0.717, 1.165) is 12.1 Å². The van der Waals surface area contributed by atoms with Crippen molar-refractivity contribution in [2.24, 2.45) is 5.73 Å². The summed E-state index contributed by atoms with van der Waals surface area (Å²) in [6.45, 7) is 5.94. The zero-order chi connectivity index (χ0) is 13.5. The number of aryl methyl sites for hydroxylation is 1. The van der Waals surface area contributed by atoms with Crippen LogP contribution in [0.15, 0.2) is 24.3 Å². The summed E-state index contributed by atoms with van der Waals surface area (Å²) in [4.78, 5) is 15.8. The average Bonchev–Trinajstić information content (AvgIpc) is 2.39. The Kier molecular flexibility index (Phi) is 5.65. The molecule has 100 valence electrons. The maximum atomic E-state index is 12.3. The molecule has 0 saturated heterocycles. The smallest absolute Gasteiger partial charge is 0.324 e. The van der Waals surface area contributed by atoms with Gasteiger partial charge in [0.15, 0.2) is 0 Å². The summed E-state index contributed by atoms with van der Waals surface area (Å²) in [7, 11) is 1.81. The van der Waals surface area contributed by atoms with Crippen LogP contribution in [0.2, 0.25) is 0 Å². The van der Waals surface area contributed by atoms with Crippen molar-refractivity contribution < 1.29 is 4.79 Å². The Morgan fingerprint density at radius 2 is 1.89 bits per heavy atom. The van der Waals surface area contributed by atoms with Crippen LogP contribution in [0.25, 0.3) is 0 Å². The fourth-order valence-electron chi connectivity index (χ4n) is 1.65. The van der Waals surface area contributed by atoms with Gasteiger partial charge < -0.3 is 10.6 Å². The lowest BCUT2D eigenvalue weighted by atomic mass is 10.2. The SMILES string of the molecule is CCN(C)C(=O)N(CCCN)c1ccc(C)cc1. The van der Waals surface area contributed by atoms with Crippen molar-refractivity contribution in [3.05, 3.63) is 29.8 Å². The Labute approximate surface area is 109 Å². The summed E-state index contributed by atoms with van der Waals surface area (Å²) < 4.78 is 0. The van der Waals surface area contributed by atoms with E-state index in [0.29, 0.717) is 19.6 Å². The lowest BCUT2D eigenvalue weighted by molar-refractivity contribution is 0.217. The van der Waals surface area contributed by atoms with Crippen molar-refractivity contribution in [1.82, 2.24) is 4.90 Å². The van der Waals surface area contributed by atoms with E-state index in [4.69, 9.17) is 5.73 Å². The van der Waals surface area contributed by atoms with E-state index in [-0.39, 0.29) is 6.03 Å². The molecule has 0 aliphatic carbocycles. The van der Waals surface area contributed by atoms with Crippen LogP contribution in [0, 0.1) is 6.92 Å². The molecule has 0 atom stereocenters. The zero-order valence-electron chi connectivity index (χ0n) is 11.5. The molecule has 18 heavy (non-hydrogen) atoms. The molecule has 0 aliphatic heterocycles. The molecule has 2 amide bonds. The predicted molar refractivity (Wildman–Crippen MR) is 75.9 cm³/mol. The Bertz CT molecular complexity index is 375. The van der Waals surface area contributed by atoms with Gasteiger partial charge in [-0.25, -0.2) is 4.79 Å². The number of nitrogens with two attached hydrogens (primary N) is 1. The molecule has 0 aromatic heterocycles. The van der Waals surface area contributed by atoms with E-state index in [1.807, 2.05) is 45.2 Å². The number of carbonyl (C=O) groups excluding carboxylic acids is 1. The van der Waals surface area contributed by atoms with Crippen molar-refractivity contribution in [1.29, 1.82) is 0 Å². The van der Waals surface area contributed by atoms with Crippen molar-refractivity contribution in [3.63, 3.8) is 0 Å². The zero-order valence-corrected chi connectivity index (χ0v) is 11.5. The third kappa shape index (κ3) is 3.74. The normalized spacial score (nSPS) is 10.2. The second kappa shape index (κ2) is 7.01. The highest BCUT2D eigenvalue weighted by Gasteiger charge is 2.17. The van der Waals surface area contributed by atoms with Crippen LogP contribution in [0.5, 0.6) is 0 Å². The number of carbonyl (C=O) groups is 1. The summed E-state index contributed by atoms with van der Waals surface area (Å²) >= 11 is 0. The highest BCUT2D eigenvalue weighted by atomic mass is 16.2. The number of nitrogens with zero attached hydrogens (tertiary/aromatic N) is 2. The van der Waals surface area contributed by atoms with Gasteiger partial charge in [-0.2, -0.15) is 0 Å². The Hall–Kier alpha value is -1.55. The first kappa shape index (κ1) is 14.5. The van der Waals surface area contributed by atoms with Gasteiger partial charge in [0.25, 0.3) is 0 Å². The molecule has 2 N–H and O–H groups in total. The Balaban J connectivity index is 2.90. The van der Waals surface area contributed by atoms with Gasteiger partial charge in [-0.05, 0) is 38.9 Å². The number of urea groups is 1. The first-order valence-corrected chi connectivity index (χ1v) is 6.39. The number of hydrogen-bond donors (Lipinski definition) is 1. The number of benzene rings is 1. The van der Waals surface area contributed by atoms with Gasteiger partial charge in [-0.1, -0.05) is 17.7 Å². The van der Waals surface area contributed by atoms with E-state index in [1.54, 1.807) is 9.80 Å². The number of hydrogen-bond acceptors (Lipinski definition) is 2. The summed E-state index contributed by atoms with van der Waals surface area (Å²) in [5.41, 5.74) is 7.65. The van der Waals surface area contributed by atoms with Gasteiger partial charge in [0.05, 0.1) is 0 Å². The lowest BCUT2D eigenvalue weighted by Crippen LogP contribution is -2.42. The van der Waals surface area contributed by atoms with Gasteiger partial charge in [-0.15, -0.1) is 0 Å². The number of amides is 2. The van der Waals surface area contributed by atoms with E-state index in [2.05, 4.69) is 0 Å². The third-order valence-corrected chi connectivity index (χ3v) is 2.96. The number of anilines is 1. The van der Waals surface area contributed by atoms with Crippen molar-refractivity contribution >= 4 is 11.7 Å². The van der Waals surface area contributed by atoms with Crippen LogP contribution in [0.1, 0.15) is 18.9 Å². The summed E-state index contributed by atoms with van der Waals surface area (Å²) in [6.07, 6.45) is 0.803. The molecule has 4 nitrogen and oxygen atoms in total. The molecule has 0 bridgehead atoms. The molecule has 0 radical (unpaired) electrons.